The smallest absolute Gasteiger partial charge is 0.410 e. The molecule has 0 aromatic heterocycles. The van der Waals surface area contributed by atoms with E-state index in [0.29, 0.717) is 32.1 Å². The topological polar surface area (TPSA) is 74.4 Å². The molecule has 1 saturated heterocycles. The highest BCUT2D eigenvalue weighted by Gasteiger charge is 2.34. The monoisotopic (exact) mass is 367 g/mol. The number of carbonyl (C=O) groups is 1. The van der Waals surface area contributed by atoms with Crippen LogP contribution >= 0.6 is 0 Å². The van der Waals surface area contributed by atoms with Crippen LogP contribution in [0, 0.1) is 5.41 Å². The molecule has 7 heteroatoms. The van der Waals surface area contributed by atoms with Gasteiger partial charge < -0.3 is 25.2 Å². The van der Waals surface area contributed by atoms with Crippen molar-refractivity contribution < 1.29 is 9.53 Å². The minimum Gasteiger partial charge on any atom is -0.444 e. The largest absolute Gasteiger partial charge is 0.444 e. The van der Waals surface area contributed by atoms with E-state index in [4.69, 9.17) is 15.5 Å². The van der Waals surface area contributed by atoms with Crippen molar-refractivity contribution in [3.63, 3.8) is 0 Å². The fraction of sp³-hybridized carbons (Fsp3) is 0.895. The highest BCUT2D eigenvalue weighted by Crippen LogP contribution is 2.38. The third kappa shape index (κ3) is 6.04. The number of nitrogens with two attached hydrogens (primary N) is 1. The van der Waals surface area contributed by atoms with Crippen molar-refractivity contribution in [3.05, 3.63) is 0 Å². The fourth-order valence-electron chi connectivity index (χ4n) is 3.96. The van der Waals surface area contributed by atoms with Gasteiger partial charge in [-0.1, -0.05) is 12.8 Å². The van der Waals surface area contributed by atoms with Gasteiger partial charge in [0, 0.05) is 44.7 Å². The van der Waals surface area contributed by atoms with E-state index in [0.717, 1.165) is 13.1 Å². The van der Waals surface area contributed by atoms with Crippen LogP contribution in [-0.2, 0) is 4.74 Å². The van der Waals surface area contributed by atoms with Gasteiger partial charge in [-0.15, -0.1) is 0 Å². The normalized spacial score (nSPS) is 21.4. The van der Waals surface area contributed by atoms with Gasteiger partial charge in [0.15, 0.2) is 5.96 Å². The van der Waals surface area contributed by atoms with Crippen LogP contribution < -0.4 is 5.73 Å². The summed E-state index contributed by atoms with van der Waals surface area (Å²) in [4.78, 5) is 23.0. The van der Waals surface area contributed by atoms with Crippen LogP contribution in [0.25, 0.3) is 0 Å². The van der Waals surface area contributed by atoms with Gasteiger partial charge in [0.25, 0.3) is 0 Å². The Labute approximate surface area is 158 Å². The number of ether oxygens (including phenoxy) is 1. The molecule has 2 N–H and O–H groups in total. The average Bonchev–Trinajstić information content (AvgIpc) is 2.99. The summed E-state index contributed by atoms with van der Waals surface area (Å²) >= 11 is 0. The quantitative estimate of drug-likeness (QED) is 0.607. The first-order valence-electron chi connectivity index (χ1n) is 9.78. The van der Waals surface area contributed by atoms with Crippen LogP contribution in [-0.4, -0.2) is 85.7 Å². The van der Waals surface area contributed by atoms with Crippen LogP contribution in [0.4, 0.5) is 4.79 Å². The number of carbonyl (C=O) groups excluding carboxylic acids is 1. The van der Waals surface area contributed by atoms with Crippen molar-refractivity contribution >= 4 is 12.1 Å². The number of rotatable bonds is 4. The minimum absolute atomic E-state index is 0.247. The molecule has 150 valence electrons. The van der Waals surface area contributed by atoms with Crippen LogP contribution in [0.3, 0.4) is 0 Å². The zero-order chi connectivity index (χ0) is 19.4. The maximum absolute atomic E-state index is 12.2. The number of piperazine rings is 1. The van der Waals surface area contributed by atoms with E-state index in [1.807, 2.05) is 20.8 Å². The van der Waals surface area contributed by atoms with Crippen LogP contribution in [0.2, 0.25) is 0 Å². The van der Waals surface area contributed by atoms with E-state index < -0.39 is 5.60 Å². The number of nitrogens with zero attached hydrogens (tertiary/aromatic N) is 4. The lowest BCUT2D eigenvalue weighted by atomic mass is 9.86. The molecule has 1 amide bonds. The zero-order valence-corrected chi connectivity index (χ0v) is 17.3. The van der Waals surface area contributed by atoms with Gasteiger partial charge in [0.2, 0.25) is 0 Å². The molecule has 1 aliphatic carbocycles. The summed E-state index contributed by atoms with van der Waals surface area (Å²) in [6.07, 6.45) is 4.79. The predicted molar refractivity (Wildman–Crippen MR) is 105 cm³/mol. The first-order chi connectivity index (χ1) is 12.1. The molecule has 0 unspecified atom stereocenters. The molecule has 0 aromatic carbocycles. The Balaban J connectivity index is 1.86. The standard InChI is InChI=1S/C19H37N5O2/c1-18(2,3)26-17(25)24-12-10-23(11-13-24)16(20)21-14-19(15-22(4)5)8-6-7-9-19/h6-15H2,1-5H3,(H2,20,21). The van der Waals surface area contributed by atoms with E-state index >= 15 is 0 Å². The maximum atomic E-state index is 12.2. The Hall–Kier alpha value is -1.50. The van der Waals surface area contributed by atoms with Crippen molar-refractivity contribution in [1.29, 1.82) is 0 Å². The number of amides is 1. The third-order valence-corrected chi connectivity index (χ3v) is 5.15. The second-order valence-corrected chi connectivity index (χ2v) is 9.07. The molecule has 1 aliphatic heterocycles. The Kier molecular flexibility index (Phi) is 6.77. The molecule has 1 saturated carbocycles. The molecule has 0 aromatic rings. The molecule has 2 aliphatic rings. The van der Waals surface area contributed by atoms with Crippen molar-refractivity contribution in [2.45, 2.75) is 52.1 Å². The van der Waals surface area contributed by atoms with E-state index in [9.17, 15) is 4.79 Å². The van der Waals surface area contributed by atoms with E-state index in [-0.39, 0.29) is 11.5 Å². The van der Waals surface area contributed by atoms with Gasteiger partial charge in [-0.3, -0.25) is 4.99 Å². The summed E-state index contributed by atoms with van der Waals surface area (Å²) in [6.45, 7) is 10.2. The summed E-state index contributed by atoms with van der Waals surface area (Å²) < 4.78 is 5.44. The van der Waals surface area contributed by atoms with Crippen LogP contribution in [0.5, 0.6) is 0 Å². The molecule has 7 nitrogen and oxygen atoms in total. The van der Waals surface area contributed by atoms with Crippen molar-refractivity contribution in [3.8, 4) is 0 Å². The van der Waals surface area contributed by atoms with Crippen LogP contribution in [0.15, 0.2) is 4.99 Å². The molecule has 26 heavy (non-hydrogen) atoms. The van der Waals surface area contributed by atoms with Gasteiger partial charge in [-0.25, -0.2) is 4.79 Å². The lowest BCUT2D eigenvalue weighted by Gasteiger charge is -2.36. The molecule has 0 bridgehead atoms. The molecule has 0 spiro atoms. The van der Waals surface area contributed by atoms with E-state index in [1.54, 1.807) is 4.90 Å². The van der Waals surface area contributed by atoms with E-state index in [1.165, 1.54) is 25.7 Å². The molecule has 2 rings (SSSR count). The lowest BCUT2D eigenvalue weighted by molar-refractivity contribution is 0.0186. The predicted octanol–water partition coefficient (Wildman–Crippen LogP) is 1.98. The van der Waals surface area contributed by atoms with Gasteiger partial charge in [0.05, 0.1) is 0 Å². The molecule has 0 atom stereocenters. The van der Waals surface area contributed by atoms with Gasteiger partial charge in [-0.05, 0) is 47.7 Å². The molecular weight excluding hydrogens is 330 g/mol. The lowest BCUT2D eigenvalue weighted by Crippen LogP contribution is -2.53. The maximum Gasteiger partial charge on any atom is 0.410 e. The minimum atomic E-state index is -0.462. The van der Waals surface area contributed by atoms with Crippen molar-refractivity contribution in [2.24, 2.45) is 16.1 Å². The molecular formula is C19H37N5O2. The molecule has 1 heterocycles. The SMILES string of the molecule is CN(C)CC1(CN=C(N)N2CCN(C(=O)OC(C)(C)C)CC2)CCCC1. The second kappa shape index (κ2) is 8.46. The highest BCUT2D eigenvalue weighted by molar-refractivity contribution is 5.78. The number of hydrogen-bond donors (Lipinski definition) is 1. The summed E-state index contributed by atoms with van der Waals surface area (Å²) in [7, 11) is 4.26. The summed E-state index contributed by atoms with van der Waals surface area (Å²) in [5.41, 5.74) is 6.08. The Morgan fingerprint density at radius 3 is 2.15 bits per heavy atom. The Morgan fingerprint density at radius 2 is 1.65 bits per heavy atom. The summed E-state index contributed by atoms with van der Waals surface area (Å²) in [5, 5.41) is 0. The average molecular weight is 368 g/mol. The van der Waals surface area contributed by atoms with Gasteiger partial charge in [-0.2, -0.15) is 0 Å². The summed E-state index contributed by atoms with van der Waals surface area (Å²) in [5.74, 6) is 0.610. The fourth-order valence-corrected chi connectivity index (χ4v) is 3.96. The van der Waals surface area contributed by atoms with Crippen molar-refractivity contribution in [2.75, 3.05) is 53.4 Å². The first-order valence-corrected chi connectivity index (χ1v) is 9.78. The van der Waals surface area contributed by atoms with Crippen molar-refractivity contribution in [1.82, 2.24) is 14.7 Å². The van der Waals surface area contributed by atoms with Gasteiger partial charge in [0.1, 0.15) is 5.60 Å². The number of guanidine groups is 1. The molecule has 0 radical (unpaired) electrons. The first kappa shape index (κ1) is 20.8. The van der Waals surface area contributed by atoms with E-state index in [2.05, 4.69) is 23.9 Å². The highest BCUT2D eigenvalue weighted by atomic mass is 16.6. The second-order valence-electron chi connectivity index (χ2n) is 9.07. The summed E-state index contributed by atoms with van der Waals surface area (Å²) in [6, 6.07) is 0. The number of aliphatic imine (C=N–C) groups is 1. The molecule has 2 fully saturated rings. The Bertz CT molecular complexity index is 499. The third-order valence-electron chi connectivity index (χ3n) is 5.15. The zero-order valence-electron chi connectivity index (χ0n) is 17.3. The van der Waals surface area contributed by atoms with Crippen LogP contribution in [0.1, 0.15) is 46.5 Å². The van der Waals surface area contributed by atoms with Gasteiger partial charge >= 0.3 is 6.09 Å². The Morgan fingerprint density at radius 1 is 1.12 bits per heavy atom. The number of hydrogen-bond acceptors (Lipinski definition) is 4.